The molecule has 0 heterocycles. The molecule has 17 rings (SSSR count). The van der Waals surface area contributed by atoms with Gasteiger partial charge in [-0.1, -0.05) is 303 Å². The summed E-state index contributed by atoms with van der Waals surface area (Å²) in [5.41, 5.74) is 31.8. The zero-order valence-corrected chi connectivity index (χ0v) is 58.5. The molecule has 0 aliphatic heterocycles. The van der Waals surface area contributed by atoms with Crippen LogP contribution in [0, 0.1) is 0 Å². The van der Waals surface area contributed by atoms with E-state index in [1.165, 1.54) is 44.5 Å². The highest BCUT2D eigenvalue weighted by molar-refractivity contribution is 5.87. The summed E-state index contributed by atoms with van der Waals surface area (Å²) >= 11 is 0. The number of hydrogen-bond donors (Lipinski definition) is 0. The Hall–Kier alpha value is -14.1. The van der Waals surface area contributed by atoms with Gasteiger partial charge in [0.15, 0.2) is 0 Å². The molecule has 0 unspecified atom stereocenters. The van der Waals surface area contributed by atoms with E-state index < -0.39 is 0 Å². The Morgan fingerprint density at radius 2 is 0.160 bits per heavy atom. The summed E-state index contributed by atoms with van der Waals surface area (Å²) in [4.78, 5) is 9.33. The van der Waals surface area contributed by atoms with E-state index in [2.05, 4.69) is 469 Å². The van der Waals surface area contributed by atoms with Crippen LogP contribution in [0.25, 0.3) is 89.0 Å². The topological polar surface area (TPSA) is 13.0 Å². The van der Waals surface area contributed by atoms with E-state index in [1.54, 1.807) is 0 Å². The first-order valence-electron chi connectivity index (χ1n) is 36.2. The predicted molar refractivity (Wildman–Crippen MR) is 449 cm³/mol. The molecule has 0 bridgehead atoms. The van der Waals surface area contributed by atoms with Crippen molar-refractivity contribution in [1.29, 1.82) is 0 Å². The third kappa shape index (κ3) is 14.2. The summed E-state index contributed by atoms with van der Waals surface area (Å²) in [6.07, 6.45) is 0. The molecule has 0 aromatic heterocycles. The quantitative estimate of drug-likeness (QED) is 0.0754. The summed E-state index contributed by atoms with van der Waals surface area (Å²) in [7, 11) is 0. The van der Waals surface area contributed by atoms with Crippen molar-refractivity contribution in [2.24, 2.45) is 0 Å². The predicted octanol–water partition coefficient (Wildman–Crippen LogP) is 28.9. The van der Waals surface area contributed by atoms with Crippen LogP contribution in [0.1, 0.15) is 0 Å². The van der Waals surface area contributed by atoms with Crippen LogP contribution in [-0.2, 0) is 0 Å². The van der Waals surface area contributed by atoms with E-state index in [4.69, 9.17) is 0 Å². The number of rotatable bonds is 20. The lowest BCUT2D eigenvalue weighted by molar-refractivity contribution is 1.28. The average molecular weight is 1360 g/mol. The van der Waals surface area contributed by atoms with Crippen LogP contribution in [0.3, 0.4) is 0 Å². The van der Waals surface area contributed by atoms with E-state index in [0.29, 0.717) is 0 Å². The standard InChI is InChI=1S/C102H74N4/c1-7-19-75(20-8-1)81-35-55-97(56-36-81)105(98-57-37-82(38-58-98)76-21-9-2-10-22-76)101-71-51-89(52-72-101)87-47-67-95(68-48-87)103(91-27-15-5-16-28-91)93-63-43-85(44-64-93)79-31-33-80(34-32-79)86-45-65-94(66-46-86)104(92-29-17-6-18-30-92)96-69-49-88(50-70-96)90-53-73-102(74-54-90)106(99-59-39-83(40-60-99)77-23-11-3-12-24-77)100-61-41-84(42-62-100)78-25-13-4-14-26-78/h1-74H. The van der Waals surface area contributed by atoms with Crippen LogP contribution in [-0.4, -0.2) is 0 Å². The monoisotopic (exact) mass is 1350 g/mol. The number of anilines is 12. The first-order chi connectivity index (χ1) is 52.5. The molecule has 0 saturated heterocycles. The molecule has 4 nitrogen and oxygen atoms in total. The number of para-hydroxylation sites is 2. The normalized spacial score (nSPS) is 11.0. The van der Waals surface area contributed by atoms with Gasteiger partial charge in [-0.05, 0) is 235 Å². The van der Waals surface area contributed by atoms with Crippen LogP contribution >= 0.6 is 0 Å². The minimum atomic E-state index is 1.08. The zero-order valence-electron chi connectivity index (χ0n) is 58.5. The lowest BCUT2D eigenvalue weighted by Crippen LogP contribution is -2.10. The fourth-order valence-corrected chi connectivity index (χ4v) is 14.4. The molecule has 0 aliphatic carbocycles. The molecule has 0 radical (unpaired) electrons. The zero-order chi connectivity index (χ0) is 70.8. The van der Waals surface area contributed by atoms with Gasteiger partial charge in [-0.2, -0.15) is 0 Å². The molecule has 0 N–H and O–H groups in total. The number of benzene rings is 17. The van der Waals surface area contributed by atoms with Crippen molar-refractivity contribution in [3.05, 3.63) is 449 Å². The van der Waals surface area contributed by atoms with Gasteiger partial charge in [0.25, 0.3) is 0 Å². The van der Waals surface area contributed by atoms with Crippen molar-refractivity contribution in [3.8, 4) is 89.0 Å². The smallest absolute Gasteiger partial charge is 0.0462 e. The third-order valence-corrected chi connectivity index (χ3v) is 19.9. The molecule has 0 saturated carbocycles. The average Bonchev–Trinajstić information content (AvgIpc) is 0.802. The second-order valence-electron chi connectivity index (χ2n) is 26.5. The molecule has 17 aromatic rings. The van der Waals surface area contributed by atoms with Gasteiger partial charge < -0.3 is 19.6 Å². The van der Waals surface area contributed by atoms with Gasteiger partial charge in [-0.15, -0.1) is 0 Å². The van der Waals surface area contributed by atoms with Crippen molar-refractivity contribution in [2.75, 3.05) is 19.6 Å². The maximum atomic E-state index is 2.34. The molecule has 0 aliphatic rings. The van der Waals surface area contributed by atoms with Gasteiger partial charge in [0, 0.05) is 68.2 Å². The largest absolute Gasteiger partial charge is 0.311 e. The fourth-order valence-electron chi connectivity index (χ4n) is 14.4. The van der Waals surface area contributed by atoms with Gasteiger partial charge in [-0.3, -0.25) is 0 Å². The highest BCUT2D eigenvalue weighted by Gasteiger charge is 2.20. The summed E-state index contributed by atoms with van der Waals surface area (Å²) in [5.74, 6) is 0. The molecule has 4 heteroatoms. The maximum Gasteiger partial charge on any atom is 0.0462 e. The first kappa shape index (κ1) is 65.3. The van der Waals surface area contributed by atoms with Gasteiger partial charge in [0.2, 0.25) is 0 Å². The van der Waals surface area contributed by atoms with Gasteiger partial charge in [0.1, 0.15) is 0 Å². The van der Waals surface area contributed by atoms with Gasteiger partial charge in [0.05, 0.1) is 0 Å². The van der Waals surface area contributed by atoms with Crippen LogP contribution in [0.15, 0.2) is 449 Å². The van der Waals surface area contributed by atoms with Crippen molar-refractivity contribution < 1.29 is 0 Å². The molecule has 0 amide bonds. The van der Waals surface area contributed by atoms with Crippen molar-refractivity contribution in [3.63, 3.8) is 0 Å². The Kier molecular flexibility index (Phi) is 18.6. The van der Waals surface area contributed by atoms with Crippen LogP contribution in [0.4, 0.5) is 68.2 Å². The maximum absolute atomic E-state index is 2.34. The second-order valence-corrected chi connectivity index (χ2v) is 26.5. The highest BCUT2D eigenvalue weighted by atomic mass is 15.2. The summed E-state index contributed by atoms with van der Waals surface area (Å²) < 4.78 is 0. The Morgan fingerprint density at radius 3 is 0.283 bits per heavy atom. The Morgan fingerprint density at radius 1 is 0.0755 bits per heavy atom. The van der Waals surface area contributed by atoms with E-state index in [1.807, 2.05) is 0 Å². The van der Waals surface area contributed by atoms with E-state index in [9.17, 15) is 0 Å². The molecule has 0 fully saturated rings. The summed E-state index contributed by atoms with van der Waals surface area (Å²) in [5, 5.41) is 0. The van der Waals surface area contributed by atoms with Crippen LogP contribution in [0.5, 0.6) is 0 Å². The molecule has 0 spiro atoms. The molecular weight excluding hydrogens is 1280 g/mol. The lowest BCUT2D eigenvalue weighted by atomic mass is 9.99. The molecule has 17 aromatic carbocycles. The van der Waals surface area contributed by atoms with Crippen LogP contribution < -0.4 is 19.6 Å². The molecule has 502 valence electrons. The minimum absolute atomic E-state index is 1.08. The minimum Gasteiger partial charge on any atom is -0.311 e. The van der Waals surface area contributed by atoms with E-state index in [-0.39, 0.29) is 0 Å². The molecule has 106 heavy (non-hydrogen) atoms. The summed E-state index contributed by atoms with van der Waals surface area (Å²) in [6, 6.07) is 162. The Bertz CT molecular complexity index is 5150. The molecular formula is C102H74N4. The first-order valence-corrected chi connectivity index (χ1v) is 36.2. The third-order valence-electron chi connectivity index (χ3n) is 19.9. The van der Waals surface area contributed by atoms with Crippen molar-refractivity contribution >= 4 is 68.2 Å². The van der Waals surface area contributed by atoms with E-state index >= 15 is 0 Å². The SMILES string of the molecule is c1ccc(-c2ccc(N(c3ccc(-c4ccccc4)cc3)c3ccc(-c4ccc(N(c5ccccc5)c5ccc(-c6ccc(-c7ccc(N(c8ccccc8)c8ccc(-c9ccc(N(c%10ccc(-c%11ccccc%11)cc%10)c%10ccc(-c%11ccccc%11)cc%10)cc9)cc8)cc7)cc6)cc5)cc4)cc3)cc2)cc1. The highest BCUT2D eigenvalue weighted by Crippen LogP contribution is 2.44. The number of hydrogen-bond acceptors (Lipinski definition) is 4. The van der Waals surface area contributed by atoms with Crippen molar-refractivity contribution in [1.82, 2.24) is 0 Å². The lowest BCUT2D eigenvalue weighted by Gasteiger charge is -2.26. The Labute approximate surface area is 621 Å². The van der Waals surface area contributed by atoms with Gasteiger partial charge >= 0.3 is 0 Å². The van der Waals surface area contributed by atoms with Crippen molar-refractivity contribution in [2.45, 2.75) is 0 Å². The van der Waals surface area contributed by atoms with E-state index in [0.717, 1.165) is 113 Å². The second kappa shape index (κ2) is 30.3. The fraction of sp³-hybridized carbons (Fsp3) is 0. The van der Waals surface area contributed by atoms with Crippen LogP contribution in [0.2, 0.25) is 0 Å². The molecule has 0 atom stereocenters. The summed E-state index contributed by atoms with van der Waals surface area (Å²) in [6.45, 7) is 0. The Balaban J connectivity index is 0.580. The van der Waals surface area contributed by atoms with Gasteiger partial charge in [-0.25, -0.2) is 0 Å². The number of nitrogens with zero attached hydrogens (tertiary/aromatic N) is 4.